The number of hydrogen-bond acceptors (Lipinski definition) is 2. The van der Waals surface area contributed by atoms with Gasteiger partial charge in [-0.25, -0.2) is 0 Å². The van der Waals surface area contributed by atoms with Crippen LogP contribution in [0.2, 0.25) is 0 Å². The number of fused-ring (bicyclic) bond motifs is 1. The fourth-order valence-corrected chi connectivity index (χ4v) is 3.92. The van der Waals surface area contributed by atoms with Crippen LogP contribution in [0.3, 0.4) is 0 Å². The molecule has 2 nitrogen and oxygen atoms in total. The van der Waals surface area contributed by atoms with Crippen LogP contribution >= 0.6 is 0 Å². The van der Waals surface area contributed by atoms with E-state index in [1.54, 1.807) is 0 Å². The topological polar surface area (TPSA) is 29.3 Å². The molecule has 0 bridgehead atoms. The molecule has 2 N–H and O–H groups in total. The van der Waals surface area contributed by atoms with Gasteiger partial charge >= 0.3 is 0 Å². The van der Waals surface area contributed by atoms with Crippen molar-refractivity contribution in [3.63, 3.8) is 0 Å². The van der Waals surface area contributed by atoms with Crippen molar-refractivity contribution in [2.45, 2.75) is 52.1 Å². The van der Waals surface area contributed by atoms with Crippen molar-refractivity contribution in [1.29, 1.82) is 0 Å². The highest BCUT2D eigenvalue weighted by Crippen LogP contribution is 2.35. The Labute approximate surface area is 117 Å². The summed E-state index contributed by atoms with van der Waals surface area (Å²) in [6, 6.07) is 7.15. The van der Waals surface area contributed by atoms with E-state index >= 15 is 0 Å². The Morgan fingerprint density at radius 1 is 1.21 bits per heavy atom. The number of nitrogens with two attached hydrogens (primary N) is 1. The van der Waals surface area contributed by atoms with Crippen LogP contribution in [0.25, 0.3) is 0 Å². The van der Waals surface area contributed by atoms with Gasteiger partial charge in [-0.05, 0) is 48.3 Å². The first-order valence-electron chi connectivity index (χ1n) is 7.75. The van der Waals surface area contributed by atoms with Crippen LogP contribution in [-0.4, -0.2) is 17.5 Å². The van der Waals surface area contributed by atoms with Crippen molar-refractivity contribution < 1.29 is 0 Å². The molecule has 0 saturated heterocycles. The third-order valence-electron chi connectivity index (χ3n) is 5.22. The minimum absolute atomic E-state index is 0.761. The van der Waals surface area contributed by atoms with Gasteiger partial charge in [-0.15, -0.1) is 0 Å². The lowest BCUT2D eigenvalue weighted by Gasteiger charge is -2.43. The van der Waals surface area contributed by atoms with E-state index in [1.807, 2.05) is 0 Å². The lowest BCUT2D eigenvalue weighted by atomic mass is 9.78. The van der Waals surface area contributed by atoms with E-state index < -0.39 is 0 Å². The summed E-state index contributed by atoms with van der Waals surface area (Å²) in [7, 11) is 0. The SMILES string of the molecule is CC1CCC(C)C(N2CCc3cccc(N)c3C2)C1. The van der Waals surface area contributed by atoms with Gasteiger partial charge in [0.25, 0.3) is 0 Å². The van der Waals surface area contributed by atoms with Gasteiger partial charge in [0, 0.05) is 24.8 Å². The molecule has 104 valence electrons. The van der Waals surface area contributed by atoms with E-state index in [9.17, 15) is 0 Å². The van der Waals surface area contributed by atoms with Gasteiger partial charge < -0.3 is 5.73 Å². The van der Waals surface area contributed by atoms with E-state index in [0.717, 1.165) is 36.5 Å². The molecule has 19 heavy (non-hydrogen) atoms. The third kappa shape index (κ3) is 2.51. The Morgan fingerprint density at radius 3 is 2.89 bits per heavy atom. The van der Waals surface area contributed by atoms with Crippen LogP contribution in [-0.2, 0) is 13.0 Å². The van der Waals surface area contributed by atoms with E-state index in [2.05, 4.69) is 36.9 Å². The highest BCUT2D eigenvalue weighted by atomic mass is 15.2. The van der Waals surface area contributed by atoms with Crippen molar-refractivity contribution in [3.8, 4) is 0 Å². The van der Waals surface area contributed by atoms with Crippen molar-refractivity contribution in [2.24, 2.45) is 11.8 Å². The second-order valence-electron chi connectivity index (χ2n) is 6.67. The zero-order chi connectivity index (χ0) is 13.4. The molecule has 1 heterocycles. The summed E-state index contributed by atoms with van der Waals surface area (Å²) in [6.45, 7) is 7.10. The van der Waals surface area contributed by atoms with Crippen LogP contribution < -0.4 is 5.73 Å². The van der Waals surface area contributed by atoms with E-state index in [4.69, 9.17) is 5.73 Å². The van der Waals surface area contributed by atoms with Gasteiger partial charge in [0.15, 0.2) is 0 Å². The maximum Gasteiger partial charge on any atom is 0.0362 e. The van der Waals surface area contributed by atoms with Gasteiger partial charge in [0.1, 0.15) is 0 Å². The standard InChI is InChI=1S/C17H26N2/c1-12-6-7-13(2)17(10-12)19-9-8-14-4-3-5-16(18)15(14)11-19/h3-5,12-13,17H,6-11,18H2,1-2H3. The Kier molecular flexibility index (Phi) is 3.53. The maximum absolute atomic E-state index is 6.17. The Bertz CT molecular complexity index is 455. The molecule has 2 aliphatic rings. The molecule has 0 aromatic heterocycles. The van der Waals surface area contributed by atoms with Gasteiger partial charge in [-0.3, -0.25) is 4.90 Å². The second kappa shape index (κ2) is 5.16. The third-order valence-corrected chi connectivity index (χ3v) is 5.22. The largest absolute Gasteiger partial charge is 0.398 e. The molecule has 3 atom stereocenters. The van der Waals surface area contributed by atoms with Crippen molar-refractivity contribution in [2.75, 3.05) is 12.3 Å². The van der Waals surface area contributed by atoms with Crippen LogP contribution in [0.4, 0.5) is 5.69 Å². The van der Waals surface area contributed by atoms with Gasteiger partial charge in [-0.1, -0.05) is 32.4 Å². The minimum atomic E-state index is 0.761. The van der Waals surface area contributed by atoms with Gasteiger partial charge in [-0.2, -0.15) is 0 Å². The van der Waals surface area contributed by atoms with E-state index in [0.29, 0.717) is 0 Å². The molecule has 1 saturated carbocycles. The minimum Gasteiger partial charge on any atom is -0.398 e. The molecular formula is C17H26N2. The quantitative estimate of drug-likeness (QED) is 0.782. The molecule has 1 aliphatic carbocycles. The summed E-state index contributed by atoms with van der Waals surface area (Å²) in [5.41, 5.74) is 10.0. The summed E-state index contributed by atoms with van der Waals surface area (Å²) in [6.07, 6.45) is 5.32. The molecule has 3 unspecified atom stereocenters. The van der Waals surface area contributed by atoms with Crippen molar-refractivity contribution >= 4 is 5.69 Å². The second-order valence-corrected chi connectivity index (χ2v) is 6.67. The van der Waals surface area contributed by atoms with Crippen LogP contribution in [0.1, 0.15) is 44.2 Å². The Hall–Kier alpha value is -1.02. The summed E-state index contributed by atoms with van der Waals surface area (Å²) in [5, 5.41) is 0. The first kappa shape index (κ1) is 13.0. The number of rotatable bonds is 1. The lowest BCUT2D eigenvalue weighted by molar-refractivity contribution is 0.0796. The fraction of sp³-hybridized carbons (Fsp3) is 0.647. The van der Waals surface area contributed by atoms with Crippen LogP contribution in [0, 0.1) is 11.8 Å². The molecule has 0 spiro atoms. The molecular weight excluding hydrogens is 232 g/mol. The summed E-state index contributed by atoms with van der Waals surface area (Å²) >= 11 is 0. The number of nitrogens with zero attached hydrogens (tertiary/aromatic N) is 1. The fourth-order valence-electron chi connectivity index (χ4n) is 3.92. The first-order valence-corrected chi connectivity index (χ1v) is 7.75. The monoisotopic (exact) mass is 258 g/mol. The maximum atomic E-state index is 6.17. The molecule has 1 fully saturated rings. The van der Waals surface area contributed by atoms with E-state index in [1.165, 1.54) is 36.9 Å². The average molecular weight is 258 g/mol. The van der Waals surface area contributed by atoms with Crippen molar-refractivity contribution in [3.05, 3.63) is 29.3 Å². The molecule has 1 aromatic rings. The summed E-state index contributed by atoms with van der Waals surface area (Å²) in [5.74, 6) is 1.72. The lowest BCUT2D eigenvalue weighted by Crippen LogP contribution is -2.45. The molecule has 2 heteroatoms. The zero-order valence-electron chi connectivity index (χ0n) is 12.2. The molecule has 1 aliphatic heterocycles. The van der Waals surface area contributed by atoms with E-state index in [-0.39, 0.29) is 0 Å². The number of anilines is 1. The van der Waals surface area contributed by atoms with Gasteiger partial charge in [0.05, 0.1) is 0 Å². The van der Waals surface area contributed by atoms with Crippen molar-refractivity contribution in [1.82, 2.24) is 4.90 Å². The normalized spacial score (nSPS) is 32.0. The molecule has 3 rings (SSSR count). The Morgan fingerprint density at radius 2 is 2.05 bits per heavy atom. The summed E-state index contributed by atoms with van der Waals surface area (Å²) in [4.78, 5) is 2.69. The average Bonchev–Trinajstić information content (AvgIpc) is 2.42. The number of hydrogen-bond donors (Lipinski definition) is 1. The smallest absolute Gasteiger partial charge is 0.0362 e. The Balaban J connectivity index is 1.79. The molecule has 0 radical (unpaired) electrons. The highest BCUT2D eigenvalue weighted by molar-refractivity contribution is 5.51. The zero-order valence-corrected chi connectivity index (χ0v) is 12.2. The number of benzene rings is 1. The number of nitrogen functional groups attached to an aromatic ring is 1. The predicted octanol–water partition coefficient (Wildman–Crippen LogP) is 3.45. The van der Waals surface area contributed by atoms with Crippen LogP contribution in [0.5, 0.6) is 0 Å². The predicted molar refractivity (Wildman–Crippen MR) is 80.9 cm³/mol. The summed E-state index contributed by atoms with van der Waals surface area (Å²) < 4.78 is 0. The first-order chi connectivity index (χ1) is 9.15. The van der Waals surface area contributed by atoms with Gasteiger partial charge in [0.2, 0.25) is 0 Å². The highest BCUT2D eigenvalue weighted by Gasteiger charge is 2.32. The molecule has 1 aromatic carbocycles. The molecule has 0 amide bonds. The van der Waals surface area contributed by atoms with Crippen LogP contribution in [0.15, 0.2) is 18.2 Å².